The summed E-state index contributed by atoms with van der Waals surface area (Å²) in [6.07, 6.45) is 0.232. The number of aryl methyl sites for hydroxylation is 2. The molecule has 0 bridgehead atoms. The molecule has 0 saturated heterocycles. The Morgan fingerprint density at radius 3 is 2.41 bits per heavy atom. The van der Waals surface area contributed by atoms with Crippen molar-refractivity contribution in [3.63, 3.8) is 0 Å². The molecule has 0 aliphatic carbocycles. The second-order valence-corrected chi connectivity index (χ2v) is 7.48. The predicted molar refractivity (Wildman–Crippen MR) is 110 cm³/mol. The van der Waals surface area contributed by atoms with Crippen LogP contribution in [0.2, 0.25) is 10.0 Å². The number of carbonyl (C=O) groups is 2. The Morgan fingerprint density at radius 2 is 1.78 bits per heavy atom. The van der Waals surface area contributed by atoms with Crippen LogP contribution in [0.3, 0.4) is 0 Å². The molecule has 2 aromatic rings. The topological polar surface area (TPSA) is 49.4 Å². The molecule has 144 valence electrons. The van der Waals surface area contributed by atoms with Crippen molar-refractivity contribution in [2.75, 3.05) is 7.05 Å². The molecule has 2 amide bonds. The Balaban J connectivity index is 2.30. The quantitative estimate of drug-likeness (QED) is 0.776. The number of carbonyl (C=O) groups excluding carboxylic acids is 2. The highest BCUT2D eigenvalue weighted by molar-refractivity contribution is 6.42. The number of amides is 2. The third kappa shape index (κ3) is 5.47. The van der Waals surface area contributed by atoms with E-state index in [1.54, 1.807) is 31.0 Å². The Bertz CT molecular complexity index is 852. The molecule has 0 aromatic heterocycles. The van der Waals surface area contributed by atoms with Gasteiger partial charge in [-0.15, -0.1) is 0 Å². The zero-order valence-corrected chi connectivity index (χ0v) is 17.5. The van der Waals surface area contributed by atoms with E-state index in [4.69, 9.17) is 23.2 Å². The molecule has 4 nitrogen and oxygen atoms in total. The number of likely N-dealkylation sites (N-methyl/N-ethyl adjacent to an activating group) is 1. The van der Waals surface area contributed by atoms with Gasteiger partial charge in [-0.25, -0.2) is 0 Å². The second-order valence-electron chi connectivity index (χ2n) is 6.67. The van der Waals surface area contributed by atoms with Crippen LogP contribution in [0.5, 0.6) is 0 Å². The van der Waals surface area contributed by atoms with E-state index in [1.165, 1.54) is 0 Å². The molecule has 1 atom stereocenters. The molecule has 0 aliphatic heterocycles. The summed E-state index contributed by atoms with van der Waals surface area (Å²) < 4.78 is 0. The maximum atomic E-state index is 13.1. The smallest absolute Gasteiger partial charge is 0.242 e. The normalized spacial score (nSPS) is 11.8. The van der Waals surface area contributed by atoms with Crippen molar-refractivity contribution in [2.24, 2.45) is 0 Å². The van der Waals surface area contributed by atoms with Crippen LogP contribution in [0.4, 0.5) is 0 Å². The Kier molecular flexibility index (Phi) is 7.28. The fraction of sp³-hybridized carbons (Fsp3) is 0.333. The Hall–Kier alpha value is -2.04. The van der Waals surface area contributed by atoms with Gasteiger partial charge in [-0.1, -0.05) is 53.0 Å². The van der Waals surface area contributed by atoms with Gasteiger partial charge in [-0.2, -0.15) is 0 Å². The largest absolute Gasteiger partial charge is 0.357 e. The predicted octanol–water partition coefficient (Wildman–Crippen LogP) is 4.32. The molecule has 1 N–H and O–H groups in total. The molecule has 0 spiro atoms. The van der Waals surface area contributed by atoms with Crippen molar-refractivity contribution in [1.29, 1.82) is 0 Å². The molecule has 0 heterocycles. The van der Waals surface area contributed by atoms with Crippen LogP contribution in [-0.2, 0) is 22.6 Å². The molecule has 0 unspecified atom stereocenters. The molecule has 27 heavy (non-hydrogen) atoms. The lowest BCUT2D eigenvalue weighted by Gasteiger charge is -2.29. The molecule has 2 aromatic carbocycles. The summed E-state index contributed by atoms with van der Waals surface area (Å²) in [5.41, 5.74) is 3.92. The molecule has 2 rings (SSSR count). The highest BCUT2D eigenvalue weighted by Gasteiger charge is 2.26. The zero-order valence-electron chi connectivity index (χ0n) is 16.0. The van der Waals surface area contributed by atoms with Gasteiger partial charge in [-0.3, -0.25) is 9.59 Å². The van der Waals surface area contributed by atoms with Crippen LogP contribution in [0.25, 0.3) is 0 Å². The molecule has 6 heteroatoms. The second kappa shape index (κ2) is 9.25. The average Bonchev–Trinajstić information content (AvgIpc) is 2.64. The maximum absolute atomic E-state index is 13.1. The Labute approximate surface area is 170 Å². The van der Waals surface area contributed by atoms with Gasteiger partial charge in [0.25, 0.3) is 0 Å². The maximum Gasteiger partial charge on any atom is 0.242 e. The van der Waals surface area contributed by atoms with E-state index >= 15 is 0 Å². The van der Waals surface area contributed by atoms with E-state index < -0.39 is 6.04 Å². The highest BCUT2D eigenvalue weighted by Crippen LogP contribution is 2.24. The fourth-order valence-electron chi connectivity index (χ4n) is 2.88. The van der Waals surface area contributed by atoms with Crippen LogP contribution in [-0.4, -0.2) is 29.8 Å². The SMILES string of the molecule is CNC(=O)[C@@H](C)N(Cc1ccc(Cl)c(Cl)c1)C(=O)Cc1cc(C)ccc1C. The van der Waals surface area contributed by atoms with Crippen LogP contribution in [0.1, 0.15) is 29.2 Å². The zero-order chi connectivity index (χ0) is 20.1. The van der Waals surface area contributed by atoms with E-state index in [1.807, 2.05) is 38.1 Å². The van der Waals surface area contributed by atoms with Gasteiger partial charge >= 0.3 is 0 Å². The lowest BCUT2D eigenvalue weighted by atomic mass is 10.0. The number of nitrogens with zero attached hydrogens (tertiary/aromatic N) is 1. The fourth-order valence-corrected chi connectivity index (χ4v) is 3.20. The van der Waals surface area contributed by atoms with E-state index in [0.717, 1.165) is 22.3 Å². The number of hydrogen-bond donors (Lipinski definition) is 1. The van der Waals surface area contributed by atoms with Gasteiger partial charge in [0.05, 0.1) is 16.5 Å². The first kappa shape index (κ1) is 21.3. The summed E-state index contributed by atoms with van der Waals surface area (Å²) in [6, 6.07) is 10.6. The number of benzene rings is 2. The van der Waals surface area contributed by atoms with Crippen molar-refractivity contribution >= 4 is 35.0 Å². The van der Waals surface area contributed by atoms with Crippen LogP contribution < -0.4 is 5.32 Å². The van der Waals surface area contributed by atoms with Gasteiger partial charge in [0.1, 0.15) is 6.04 Å². The van der Waals surface area contributed by atoms with Crippen LogP contribution >= 0.6 is 23.2 Å². The summed E-state index contributed by atoms with van der Waals surface area (Å²) in [5.74, 6) is -0.338. The molecule has 0 radical (unpaired) electrons. The molecule has 0 fully saturated rings. The third-order valence-corrected chi connectivity index (χ3v) is 5.34. The first-order valence-corrected chi connectivity index (χ1v) is 9.49. The first-order chi connectivity index (χ1) is 12.7. The molecule has 0 saturated carbocycles. The van der Waals surface area contributed by atoms with E-state index in [2.05, 4.69) is 5.32 Å². The summed E-state index contributed by atoms with van der Waals surface area (Å²) in [4.78, 5) is 26.8. The first-order valence-electron chi connectivity index (χ1n) is 8.74. The van der Waals surface area contributed by atoms with Crippen LogP contribution in [0.15, 0.2) is 36.4 Å². The minimum absolute atomic E-state index is 0.120. The molecular weight excluding hydrogens is 383 g/mol. The lowest BCUT2D eigenvalue weighted by molar-refractivity contribution is -0.139. The molecular formula is C21H24Cl2N2O2. The lowest BCUT2D eigenvalue weighted by Crippen LogP contribution is -2.47. The van der Waals surface area contributed by atoms with Crippen LogP contribution in [0, 0.1) is 13.8 Å². The summed E-state index contributed by atoms with van der Waals surface area (Å²) in [7, 11) is 1.56. The Morgan fingerprint density at radius 1 is 1.07 bits per heavy atom. The van der Waals surface area contributed by atoms with Gasteiger partial charge < -0.3 is 10.2 Å². The highest BCUT2D eigenvalue weighted by atomic mass is 35.5. The number of rotatable bonds is 6. The monoisotopic (exact) mass is 406 g/mol. The molecule has 0 aliphatic rings. The van der Waals surface area contributed by atoms with Gasteiger partial charge in [0, 0.05) is 13.6 Å². The van der Waals surface area contributed by atoms with E-state index in [0.29, 0.717) is 10.0 Å². The summed E-state index contributed by atoms with van der Waals surface area (Å²) >= 11 is 12.1. The van der Waals surface area contributed by atoms with Gasteiger partial charge in [0.15, 0.2) is 0 Å². The van der Waals surface area contributed by atoms with Crippen molar-refractivity contribution in [1.82, 2.24) is 10.2 Å². The average molecular weight is 407 g/mol. The minimum Gasteiger partial charge on any atom is -0.357 e. The van der Waals surface area contributed by atoms with Crippen molar-refractivity contribution in [2.45, 2.75) is 39.8 Å². The standard InChI is InChI=1S/C21H24Cl2N2O2/c1-13-5-6-14(2)17(9-13)11-20(26)25(15(3)21(27)24-4)12-16-7-8-18(22)19(23)10-16/h5-10,15H,11-12H2,1-4H3,(H,24,27)/t15-/m1/s1. The van der Waals surface area contributed by atoms with E-state index in [-0.39, 0.29) is 24.8 Å². The number of nitrogens with one attached hydrogen (secondary N) is 1. The van der Waals surface area contributed by atoms with Crippen molar-refractivity contribution < 1.29 is 9.59 Å². The minimum atomic E-state index is -0.609. The van der Waals surface area contributed by atoms with Gasteiger partial charge in [-0.05, 0) is 49.6 Å². The van der Waals surface area contributed by atoms with Crippen molar-refractivity contribution in [3.8, 4) is 0 Å². The number of halogens is 2. The van der Waals surface area contributed by atoms with E-state index in [9.17, 15) is 9.59 Å². The summed E-state index contributed by atoms with van der Waals surface area (Å²) in [6.45, 7) is 5.97. The van der Waals surface area contributed by atoms with Crippen molar-refractivity contribution in [3.05, 3.63) is 68.7 Å². The third-order valence-electron chi connectivity index (χ3n) is 4.60. The number of hydrogen-bond acceptors (Lipinski definition) is 2. The summed E-state index contributed by atoms with van der Waals surface area (Å²) in [5, 5.41) is 3.48. The van der Waals surface area contributed by atoms with Gasteiger partial charge in [0.2, 0.25) is 11.8 Å².